The molecule has 2 atom stereocenters. The van der Waals surface area contributed by atoms with Crippen molar-refractivity contribution in [3.63, 3.8) is 0 Å². The Bertz CT molecular complexity index is 949. The first-order valence-corrected chi connectivity index (χ1v) is 17.5. The number of carbonyl (C=O) groups excluding carboxylic acids is 2. The Balaban J connectivity index is 4.26. The maximum absolute atomic E-state index is 12.4. The number of rotatable bonds is 27. The largest absolute Gasteiger partial charge is 0.472 e. The molecule has 44 heavy (non-hydrogen) atoms. The molecule has 0 spiro atoms. The molecule has 0 aromatic carbocycles. The van der Waals surface area contributed by atoms with E-state index in [9.17, 15) is 19.0 Å². The van der Waals surface area contributed by atoms with Crippen LogP contribution in [-0.4, -0.2) is 74.9 Å². The zero-order valence-corrected chi connectivity index (χ0v) is 28.8. The summed E-state index contributed by atoms with van der Waals surface area (Å²) in [6.45, 7) is 3.83. The Kier molecular flexibility index (Phi) is 25.6. The number of hydrogen-bond donors (Lipinski definition) is 1. The third kappa shape index (κ3) is 29.8. The molecule has 0 rings (SSSR count). The van der Waals surface area contributed by atoms with E-state index in [0.717, 1.165) is 51.4 Å². The van der Waals surface area contributed by atoms with Crippen LogP contribution >= 0.6 is 7.82 Å². The summed E-state index contributed by atoms with van der Waals surface area (Å²) in [7, 11) is 1.43. The van der Waals surface area contributed by atoms with Crippen molar-refractivity contribution in [2.45, 2.75) is 97.0 Å². The summed E-state index contributed by atoms with van der Waals surface area (Å²) < 4.78 is 33.4. The molecule has 0 radical (unpaired) electrons. The van der Waals surface area contributed by atoms with Gasteiger partial charge < -0.3 is 18.9 Å². The van der Waals surface area contributed by atoms with Gasteiger partial charge >= 0.3 is 19.8 Å². The first-order valence-electron chi connectivity index (χ1n) is 16.0. The van der Waals surface area contributed by atoms with Gasteiger partial charge in [0.05, 0.1) is 27.7 Å². The molecule has 0 bridgehead atoms. The molecule has 0 heterocycles. The lowest BCUT2D eigenvalue weighted by molar-refractivity contribution is -0.870. The fraction of sp³-hybridized carbons (Fsp3) is 0.647. The number of allylic oxidation sites excluding steroid dienone is 10. The Morgan fingerprint density at radius 3 is 1.84 bits per heavy atom. The van der Waals surface area contributed by atoms with Crippen LogP contribution in [0.4, 0.5) is 0 Å². The standard InChI is InChI=1S/C34H58NO8P/c1-6-8-9-10-11-12-13-14-15-16-17-18-19-20-21-22-23-24-25-27-34(37)43-32(30-40-33(36)26-7-2)31-42-44(38,39)41-29-28-35(3,4)5/h8-9,11-12,14-15,17-18,20-21,32H,6-7,10,13,16,19,22-31H2,1-5H3/p+1/b9-8-,12-11-,15-14-,18-17-,21-20-. The summed E-state index contributed by atoms with van der Waals surface area (Å²) >= 11 is 0. The van der Waals surface area contributed by atoms with Gasteiger partial charge in [0.1, 0.15) is 19.8 Å². The maximum Gasteiger partial charge on any atom is 0.472 e. The maximum atomic E-state index is 12.4. The van der Waals surface area contributed by atoms with Gasteiger partial charge in [-0.25, -0.2) is 4.57 Å². The van der Waals surface area contributed by atoms with E-state index >= 15 is 0 Å². The molecule has 0 saturated heterocycles. The SMILES string of the molecule is CC/C=C\C/C=C\C/C=C\C/C=C\C/C=C\CCCCCC(=O)OC(COC(=O)CCC)COP(=O)(O)OCC[N+](C)(C)C. The minimum Gasteiger partial charge on any atom is -0.462 e. The van der Waals surface area contributed by atoms with E-state index in [2.05, 4.69) is 67.7 Å². The number of unbranched alkanes of at least 4 members (excludes halogenated alkanes) is 3. The van der Waals surface area contributed by atoms with Crippen LogP contribution in [0.25, 0.3) is 0 Å². The van der Waals surface area contributed by atoms with Crippen LogP contribution in [0.5, 0.6) is 0 Å². The summed E-state index contributed by atoms with van der Waals surface area (Å²) in [5, 5.41) is 0. The summed E-state index contributed by atoms with van der Waals surface area (Å²) in [5.41, 5.74) is 0. The van der Waals surface area contributed by atoms with Crippen LogP contribution in [0.2, 0.25) is 0 Å². The highest BCUT2D eigenvalue weighted by molar-refractivity contribution is 7.47. The molecule has 0 aromatic rings. The summed E-state index contributed by atoms with van der Waals surface area (Å²) in [5.74, 6) is -0.909. The molecule has 0 aliphatic heterocycles. The minimum atomic E-state index is -4.35. The van der Waals surface area contributed by atoms with E-state index in [1.165, 1.54) is 0 Å². The Morgan fingerprint density at radius 2 is 1.30 bits per heavy atom. The van der Waals surface area contributed by atoms with E-state index in [1.807, 2.05) is 28.1 Å². The topological polar surface area (TPSA) is 108 Å². The zero-order chi connectivity index (χ0) is 32.9. The van der Waals surface area contributed by atoms with Crippen molar-refractivity contribution in [3.05, 3.63) is 60.8 Å². The van der Waals surface area contributed by atoms with Gasteiger partial charge in [0.15, 0.2) is 6.10 Å². The van der Waals surface area contributed by atoms with Gasteiger partial charge in [0, 0.05) is 12.8 Å². The molecule has 0 saturated carbocycles. The van der Waals surface area contributed by atoms with Crippen molar-refractivity contribution in [1.29, 1.82) is 0 Å². The Morgan fingerprint density at radius 1 is 0.727 bits per heavy atom. The Hall–Kier alpha value is -2.29. The predicted molar refractivity (Wildman–Crippen MR) is 178 cm³/mol. The monoisotopic (exact) mass is 640 g/mol. The second-order valence-electron chi connectivity index (χ2n) is 11.5. The van der Waals surface area contributed by atoms with E-state index < -0.39 is 32.5 Å². The van der Waals surface area contributed by atoms with Crippen molar-refractivity contribution in [3.8, 4) is 0 Å². The van der Waals surface area contributed by atoms with Gasteiger partial charge in [0.25, 0.3) is 0 Å². The van der Waals surface area contributed by atoms with Crippen LogP contribution in [0, 0.1) is 0 Å². The fourth-order valence-electron chi connectivity index (χ4n) is 3.54. The number of phosphoric acid groups is 1. The Labute approximate surface area is 266 Å². The zero-order valence-electron chi connectivity index (χ0n) is 27.9. The number of hydrogen-bond acceptors (Lipinski definition) is 7. The highest BCUT2D eigenvalue weighted by Crippen LogP contribution is 2.43. The van der Waals surface area contributed by atoms with Crippen LogP contribution < -0.4 is 0 Å². The van der Waals surface area contributed by atoms with Gasteiger partial charge in [0.2, 0.25) is 0 Å². The highest BCUT2D eigenvalue weighted by atomic mass is 31.2. The van der Waals surface area contributed by atoms with Crippen LogP contribution in [0.15, 0.2) is 60.8 Å². The number of esters is 2. The van der Waals surface area contributed by atoms with E-state index in [1.54, 1.807) is 0 Å². The molecular weight excluding hydrogens is 581 g/mol. The molecular formula is C34H59NO8P+. The van der Waals surface area contributed by atoms with Crippen LogP contribution in [0.1, 0.15) is 90.9 Å². The van der Waals surface area contributed by atoms with Crippen LogP contribution in [0.3, 0.4) is 0 Å². The van der Waals surface area contributed by atoms with E-state index in [-0.39, 0.29) is 26.1 Å². The lowest BCUT2D eigenvalue weighted by Crippen LogP contribution is -2.37. The normalized spacial score (nSPS) is 14.8. The summed E-state index contributed by atoms with van der Waals surface area (Å²) in [6, 6.07) is 0. The number of quaternary nitrogens is 1. The smallest absolute Gasteiger partial charge is 0.462 e. The second kappa shape index (κ2) is 27.1. The molecule has 2 unspecified atom stereocenters. The predicted octanol–water partition coefficient (Wildman–Crippen LogP) is 7.78. The first kappa shape index (κ1) is 41.7. The lowest BCUT2D eigenvalue weighted by Gasteiger charge is -2.24. The number of carbonyl (C=O) groups is 2. The van der Waals surface area contributed by atoms with Gasteiger partial charge in [-0.3, -0.25) is 18.6 Å². The van der Waals surface area contributed by atoms with Crippen LogP contribution in [-0.2, 0) is 32.7 Å². The van der Waals surface area contributed by atoms with Crippen molar-refractivity contribution in [2.24, 2.45) is 0 Å². The third-order valence-corrected chi connectivity index (χ3v) is 7.02. The lowest BCUT2D eigenvalue weighted by atomic mass is 10.1. The van der Waals surface area contributed by atoms with Crippen molar-refractivity contribution < 1.29 is 42.1 Å². The molecule has 9 nitrogen and oxygen atoms in total. The number of nitrogens with zero attached hydrogens (tertiary/aromatic N) is 1. The van der Waals surface area contributed by atoms with Gasteiger partial charge in [-0.1, -0.05) is 81.0 Å². The average Bonchev–Trinajstić information content (AvgIpc) is 2.95. The molecule has 0 aromatic heterocycles. The number of ether oxygens (including phenoxy) is 2. The minimum absolute atomic E-state index is 0.0207. The number of likely N-dealkylation sites (N-methyl/N-ethyl adjacent to an activating group) is 1. The van der Waals surface area contributed by atoms with Gasteiger partial charge in [-0.05, 0) is 57.8 Å². The molecule has 0 amide bonds. The summed E-state index contributed by atoms with van der Waals surface area (Å²) in [6.07, 6.45) is 30.1. The van der Waals surface area contributed by atoms with Crippen molar-refractivity contribution >= 4 is 19.8 Å². The second-order valence-corrected chi connectivity index (χ2v) is 12.9. The average molecular weight is 641 g/mol. The highest BCUT2D eigenvalue weighted by Gasteiger charge is 2.26. The number of phosphoric ester groups is 1. The molecule has 252 valence electrons. The van der Waals surface area contributed by atoms with Gasteiger partial charge in [-0.15, -0.1) is 0 Å². The van der Waals surface area contributed by atoms with Crippen molar-refractivity contribution in [2.75, 3.05) is 47.5 Å². The molecule has 0 aliphatic rings. The van der Waals surface area contributed by atoms with E-state index in [0.29, 0.717) is 23.9 Å². The fourth-order valence-corrected chi connectivity index (χ4v) is 4.29. The van der Waals surface area contributed by atoms with E-state index in [4.69, 9.17) is 18.5 Å². The molecule has 10 heteroatoms. The molecule has 1 N–H and O–H groups in total. The molecule has 0 aliphatic carbocycles. The quantitative estimate of drug-likeness (QED) is 0.0319. The first-order chi connectivity index (χ1) is 21.0. The third-order valence-electron chi connectivity index (χ3n) is 6.03. The summed E-state index contributed by atoms with van der Waals surface area (Å²) in [4.78, 5) is 34.2. The molecule has 0 fully saturated rings. The van der Waals surface area contributed by atoms with Crippen molar-refractivity contribution in [1.82, 2.24) is 0 Å². The van der Waals surface area contributed by atoms with Gasteiger partial charge in [-0.2, -0.15) is 0 Å².